The number of amides is 1. The van der Waals surface area contributed by atoms with Crippen LogP contribution in [0.5, 0.6) is 0 Å². The highest BCUT2D eigenvalue weighted by molar-refractivity contribution is 6.00. The summed E-state index contributed by atoms with van der Waals surface area (Å²) in [5.74, 6) is -0.0209. The predicted octanol–water partition coefficient (Wildman–Crippen LogP) is 1.05. The minimum atomic E-state index is -0.330. The Morgan fingerprint density at radius 2 is 2.21 bits per heavy atom. The number of nitrogen functional groups attached to an aromatic ring is 1. The Balaban J connectivity index is 2.54. The minimum Gasteiger partial charge on any atom is -0.355 e. The van der Waals surface area contributed by atoms with Gasteiger partial charge in [-0.15, -0.1) is 0 Å². The molecule has 0 bridgehead atoms. The fourth-order valence-corrected chi connectivity index (χ4v) is 2.81. The maximum atomic E-state index is 12.9. The Morgan fingerprint density at radius 3 is 2.88 bits per heavy atom. The van der Waals surface area contributed by atoms with Crippen molar-refractivity contribution in [3.8, 4) is 0 Å². The van der Waals surface area contributed by atoms with Crippen molar-refractivity contribution >= 4 is 28.4 Å². The lowest BCUT2D eigenvalue weighted by atomic mass is 10.1. The van der Waals surface area contributed by atoms with Crippen LogP contribution in [0, 0.1) is 0 Å². The summed E-state index contributed by atoms with van der Waals surface area (Å²) in [6.45, 7) is 4.00. The number of nitrogens with two attached hydrogens (primary N) is 1. The highest BCUT2D eigenvalue weighted by atomic mass is 16.1. The second-order valence-corrected chi connectivity index (χ2v) is 5.73. The van der Waals surface area contributed by atoms with Gasteiger partial charge in [-0.3, -0.25) is 14.0 Å². The number of carbonyl (C=O) groups excluding carboxylic acids is 1. The van der Waals surface area contributed by atoms with Gasteiger partial charge in [-0.1, -0.05) is 18.0 Å². The topological polar surface area (TPSA) is 93.4 Å². The quantitative estimate of drug-likeness (QED) is 0.556. The maximum Gasteiger partial charge on any atom is 0.278 e. The third-order valence-corrected chi connectivity index (χ3v) is 4.30. The van der Waals surface area contributed by atoms with Crippen molar-refractivity contribution in [3.63, 3.8) is 0 Å². The van der Waals surface area contributed by atoms with Gasteiger partial charge in [0.1, 0.15) is 10.9 Å². The zero-order valence-electron chi connectivity index (χ0n) is 13.9. The van der Waals surface area contributed by atoms with E-state index in [9.17, 15) is 9.59 Å². The molecule has 7 nitrogen and oxygen atoms in total. The molecule has 3 aromatic rings. The fraction of sp³-hybridized carbons (Fsp3) is 0.294. The van der Waals surface area contributed by atoms with Crippen LogP contribution in [0.15, 0.2) is 35.3 Å². The lowest BCUT2D eigenvalue weighted by Crippen LogP contribution is -2.45. The summed E-state index contributed by atoms with van der Waals surface area (Å²) >= 11 is 0. The lowest BCUT2D eigenvalue weighted by molar-refractivity contribution is -0.683. The van der Waals surface area contributed by atoms with Gasteiger partial charge in [0.25, 0.3) is 17.1 Å². The Bertz CT molecular complexity index is 1010. The average Bonchev–Trinajstić information content (AvgIpc) is 2.60. The lowest BCUT2D eigenvalue weighted by Gasteiger charge is -2.15. The van der Waals surface area contributed by atoms with E-state index in [1.165, 1.54) is 17.5 Å². The van der Waals surface area contributed by atoms with Crippen molar-refractivity contribution < 1.29 is 9.36 Å². The summed E-state index contributed by atoms with van der Waals surface area (Å²) in [6.07, 6.45) is 2.45. The number of hydrogen-bond acceptors (Lipinski definition) is 4. The molecule has 1 amide bonds. The third-order valence-electron chi connectivity index (χ3n) is 4.30. The van der Waals surface area contributed by atoms with Gasteiger partial charge in [0.15, 0.2) is 0 Å². The number of nitrogens with zero attached hydrogens (tertiary/aromatic N) is 3. The summed E-state index contributed by atoms with van der Waals surface area (Å²) in [6, 6.07) is 6.88. The smallest absolute Gasteiger partial charge is 0.278 e. The predicted molar refractivity (Wildman–Crippen MR) is 92.0 cm³/mol. The number of aromatic nitrogens is 3. The summed E-state index contributed by atoms with van der Waals surface area (Å²) in [5, 5.41) is 2.93. The second-order valence-electron chi connectivity index (χ2n) is 5.73. The molecule has 0 aliphatic carbocycles. The first-order valence-electron chi connectivity index (χ1n) is 7.86. The normalized spacial score (nSPS) is 12.5. The van der Waals surface area contributed by atoms with Crippen LogP contribution in [-0.2, 0) is 0 Å². The standard InChI is InChI=1S/C17H19N5O2/c1-4-10(2)22-14(18)11(16(23)19-3)9-12-15(22)20-13-7-5-6-8-21(13)17(12)24/h5-10,18H,4H2,1-3H3,(H,19,23)/p+1/t10-/m0/s1. The van der Waals surface area contributed by atoms with Crippen LogP contribution in [0.3, 0.4) is 0 Å². The van der Waals surface area contributed by atoms with Crippen molar-refractivity contribution in [2.75, 3.05) is 12.8 Å². The van der Waals surface area contributed by atoms with Crippen LogP contribution in [-0.4, -0.2) is 22.3 Å². The van der Waals surface area contributed by atoms with E-state index in [0.29, 0.717) is 22.5 Å². The Kier molecular flexibility index (Phi) is 3.92. The largest absolute Gasteiger partial charge is 0.355 e. The number of carbonyl (C=O) groups is 1. The maximum absolute atomic E-state index is 12.9. The number of pyridine rings is 2. The molecule has 0 radical (unpaired) electrons. The number of fused-ring (bicyclic) bond motifs is 2. The molecule has 0 spiro atoms. The van der Waals surface area contributed by atoms with Crippen LogP contribution >= 0.6 is 0 Å². The van der Waals surface area contributed by atoms with Gasteiger partial charge >= 0.3 is 0 Å². The van der Waals surface area contributed by atoms with Gasteiger partial charge in [0.2, 0.25) is 11.5 Å². The van der Waals surface area contributed by atoms with Crippen LogP contribution in [0.25, 0.3) is 16.7 Å². The van der Waals surface area contributed by atoms with Crippen LogP contribution in [0.4, 0.5) is 5.82 Å². The number of hydrogen-bond donors (Lipinski definition) is 2. The molecule has 0 aliphatic heterocycles. The van der Waals surface area contributed by atoms with E-state index in [-0.39, 0.29) is 23.1 Å². The molecule has 0 aromatic carbocycles. The van der Waals surface area contributed by atoms with Gasteiger partial charge < -0.3 is 11.1 Å². The van der Waals surface area contributed by atoms with Crippen molar-refractivity contribution in [1.29, 1.82) is 0 Å². The van der Waals surface area contributed by atoms with Gasteiger partial charge in [0, 0.05) is 13.2 Å². The SMILES string of the molecule is CC[C@H](C)[n+]1c(N)c(C(=O)NC)cc2c(=O)n3ccccc3nc21. The fourth-order valence-electron chi connectivity index (χ4n) is 2.81. The van der Waals surface area contributed by atoms with Crippen LogP contribution in [0.2, 0.25) is 0 Å². The number of rotatable bonds is 3. The molecule has 0 fully saturated rings. The molecule has 3 N–H and O–H groups in total. The number of anilines is 1. The van der Waals surface area contributed by atoms with Gasteiger partial charge in [0.05, 0.1) is 6.04 Å². The molecule has 3 aromatic heterocycles. The number of nitrogens with one attached hydrogen (secondary N) is 1. The van der Waals surface area contributed by atoms with Crippen molar-refractivity contribution in [2.24, 2.45) is 0 Å². The van der Waals surface area contributed by atoms with E-state index >= 15 is 0 Å². The summed E-state index contributed by atoms with van der Waals surface area (Å²) in [7, 11) is 1.53. The molecule has 3 rings (SSSR count). The molecule has 0 saturated carbocycles. The van der Waals surface area contributed by atoms with Crippen molar-refractivity contribution in [3.05, 3.63) is 46.4 Å². The zero-order valence-corrected chi connectivity index (χ0v) is 13.9. The molecule has 24 heavy (non-hydrogen) atoms. The molecule has 0 aliphatic rings. The summed E-state index contributed by atoms with van der Waals surface area (Å²) < 4.78 is 3.24. The molecule has 3 heterocycles. The van der Waals surface area contributed by atoms with E-state index in [0.717, 1.165) is 6.42 Å². The van der Waals surface area contributed by atoms with E-state index in [1.54, 1.807) is 22.9 Å². The second kappa shape index (κ2) is 5.92. The molecule has 7 heteroatoms. The first-order chi connectivity index (χ1) is 11.5. The van der Waals surface area contributed by atoms with Crippen molar-refractivity contribution in [2.45, 2.75) is 26.3 Å². The molecule has 0 saturated heterocycles. The first-order valence-corrected chi connectivity index (χ1v) is 7.86. The van der Waals surface area contributed by atoms with E-state index in [1.807, 2.05) is 19.9 Å². The monoisotopic (exact) mass is 326 g/mol. The molecule has 0 unspecified atom stereocenters. The van der Waals surface area contributed by atoms with Gasteiger partial charge in [-0.05, 0) is 31.5 Å². The van der Waals surface area contributed by atoms with E-state index in [4.69, 9.17) is 5.73 Å². The van der Waals surface area contributed by atoms with E-state index in [2.05, 4.69) is 10.3 Å². The van der Waals surface area contributed by atoms with E-state index < -0.39 is 0 Å². The van der Waals surface area contributed by atoms with Crippen molar-refractivity contribution in [1.82, 2.24) is 14.7 Å². The first kappa shape index (κ1) is 15.9. The van der Waals surface area contributed by atoms with Gasteiger partial charge in [-0.2, -0.15) is 0 Å². The Morgan fingerprint density at radius 1 is 1.46 bits per heavy atom. The molecular weight excluding hydrogens is 306 g/mol. The highest BCUT2D eigenvalue weighted by Gasteiger charge is 2.26. The van der Waals surface area contributed by atoms with Crippen LogP contribution in [0.1, 0.15) is 36.7 Å². The summed E-state index contributed by atoms with van der Waals surface area (Å²) in [5.41, 5.74) is 7.34. The zero-order chi connectivity index (χ0) is 17.4. The third kappa shape index (κ3) is 2.29. The average molecular weight is 326 g/mol. The van der Waals surface area contributed by atoms with Crippen LogP contribution < -0.4 is 21.2 Å². The molecule has 1 atom stereocenters. The Labute approximate surface area is 138 Å². The summed E-state index contributed by atoms with van der Waals surface area (Å²) in [4.78, 5) is 29.7. The molecule has 124 valence electrons. The minimum absolute atomic E-state index is 0.00447. The highest BCUT2D eigenvalue weighted by Crippen LogP contribution is 2.17. The molecular formula is C17H20N5O2+. The van der Waals surface area contributed by atoms with Gasteiger partial charge in [-0.25, -0.2) is 4.57 Å². The Hall–Kier alpha value is -2.96.